The van der Waals surface area contributed by atoms with Gasteiger partial charge in [-0.3, -0.25) is 4.48 Å². The first kappa shape index (κ1) is 37.1. The Morgan fingerprint density at radius 3 is 1.18 bits per heavy atom. The van der Waals surface area contributed by atoms with Gasteiger partial charge < -0.3 is 15.3 Å². The number of quaternary nitrogens is 1. The highest BCUT2D eigenvalue weighted by molar-refractivity contribution is 5.78. The summed E-state index contributed by atoms with van der Waals surface area (Å²) >= 11 is 0. The zero-order valence-corrected chi connectivity index (χ0v) is 25.5. The quantitative estimate of drug-likeness (QED) is 0.0536. The number of rotatable bonds is 27. The van der Waals surface area contributed by atoms with Crippen LogP contribution in [0.4, 0.5) is 0 Å². The van der Waals surface area contributed by atoms with Crippen molar-refractivity contribution in [1.29, 1.82) is 0 Å². The summed E-state index contributed by atoms with van der Waals surface area (Å²) in [4.78, 5) is 37.7. The van der Waals surface area contributed by atoms with Gasteiger partial charge in [-0.2, -0.15) is 0 Å². The number of hydrogen-bond acceptors (Lipinski definition) is 3. The number of carbonyl (C=O) groups is 3. The van der Waals surface area contributed by atoms with Crippen LogP contribution in [-0.2, 0) is 14.4 Å². The van der Waals surface area contributed by atoms with Crippen molar-refractivity contribution in [3.63, 3.8) is 0 Å². The second-order valence-corrected chi connectivity index (χ2v) is 11.2. The van der Waals surface area contributed by atoms with E-state index in [1.165, 1.54) is 38.5 Å². The molecule has 0 aromatic carbocycles. The van der Waals surface area contributed by atoms with E-state index in [1.54, 1.807) is 0 Å². The van der Waals surface area contributed by atoms with E-state index in [0.717, 1.165) is 38.5 Å². The van der Waals surface area contributed by atoms with E-state index in [1.807, 2.05) is 20.8 Å². The van der Waals surface area contributed by atoms with Gasteiger partial charge in [-0.1, -0.05) is 84.8 Å². The maximum atomic E-state index is 12.6. The summed E-state index contributed by atoms with van der Waals surface area (Å²) in [6.45, 7) is 8.12. The minimum Gasteiger partial charge on any atom is -0.477 e. The average Bonchev–Trinajstić information content (AvgIpc) is 2.89. The molecule has 0 aromatic rings. The van der Waals surface area contributed by atoms with Crippen molar-refractivity contribution < 1.29 is 34.2 Å². The molecule has 3 atom stereocenters. The summed E-state index contributed by atoms with van der Waals surface area (Å²) < 4.78 is -0.378. The van der Waals surface area contributed by atoms with Crippen LogP contribution in [0.2, 0.25) is 0 Å². The molecule has 0 rings (SSSR count). The van der Waals surface area contributed by atoms with Crippen LogP contribution in [0.15, 0.2) is 12.2 Å². The first-order chi connectivity index (χ1) is 18.7. The molecule has 0 amide bonds. The molecule has 228 valence electrons. The number of carboxylic acid groups (broad SMARTS) is 3. The van der Waals surface area contributed by atoms with Gasteiger partial charge in [0.25, 0.3) is 0 Å². The molecule has 0 spiro atoms. The predicted molar refractivity (Wildman–Crippen MR) is 159 cm³/mol. The van der Waals surface area contributed by atoms with Crippen molar-refractivity contribution in [3.05, 3.63) is 12.2 Å². The van der Waals surface area contributed by atoms with Crippen LogP contribution in [0.5, 0.6) is 0 Å². The smallest absolute Gasteiger partial charge is 0.362 e. The van der Waals surface area contributed by atoms with Crippen LogP contribution in [0.25, 0.3) is 0 Å². The molecule has 0 heterocycles. The van der Waals surface area contributed by atoms with E-state index in [0.29, 0.717) is 25.7 Å². The molecule has 3 unspecified atom stereocenters. The monoisotopic (exact) mass is 554 g/mol. The van der Waals surface area contributed by atoms with Gasteiger partial charge in [-0.25, -0.2) is 14.4 Å². The first-order valence-corrected chi connectivity index (χ1v) is 15.9. The average molecular weight is 555 g/mol. The Morgan fingerprint density at radius 1 is 0.513 bits per heavy atom. The lowest BCUT2D eigenvalue weighted by atomic mass is 9.91. The van der Waals surface area contributed by atoms with Crippen molar-refractivity contribution in [1.82, 2.24) is 0 Å². The third kappa shape index (κ3) is 13.8. The molecule has 0 saturated heterocycles. The summed E-state index contributed by atoms with van der Waals surface area (Å²) in [6, 6.07) is -3.15. The third-order valence-electron chi connectivity index (χ3n) is 8.09. The molecule has 7 nitrogen and oxygen atoms in total. The van der Waals surface area contributed by atoms with Gasteiger partial charge in [-0.05, 0) is 57.8 Å². The molecule has 0 aromatic heterocycles. The molecule has 0 radical (unpaired) electrons. The van der Waals surface area contributed by atoms with Gasteiger partial charge >= 0.3 is 17.9 Å². The standard InChI is InChI=1S/C32H59NO6/c1-5-9-10-11-12-13-14-15-16-17-18-19-20-21-22-26-33(27(23-6-2)30(34)35,28(24-7-3)31(36)37)29(25-8-4)32(38)39/h15-16,27-29H,5-14,17-26H2,1-4H3,(H2-,34,35,36,37,38,39)/p+1/b16-15+. The van der Waals surface area contributed by atoms with E-state index in [9.17, 15) is 29.7 Å². The fraction of sp³-hybridized carbons (Fsp3) is 0.844. The van der Waals surface area contributed by atoms with Gasteiger partial charge in [0.1, 0.15) is 0 Å². The molecule has 0 aliphatic rings. The second kappa shape index (κ2) is 22.9. The zero-order chi connectivity index (χ0) is 29.5. The van der Waals surface area contributed by atoms with Gasteiger partial charge in [-0.15, -0.1) is 0 Å². The summed E-state index contributed by atoms with van der Waals surface area (Å²) in [5.74, 6) is -3.27. The van der Waals surface area contributed by atoms with E-state index < -0.39 is 36.0 Å². The lowest BCUT2D eigenvalue weighted by Crippen LogP contribution is -2.72. The molecular formula is C32H60NO6+. The molecule has 3 N–H and O–H groups in total. The molecule has 0 fully saturated rings. The van der Waals surface area contributed by atoms with Crippen molar-refractivity contribution in [2.75, 3.05) is 6.54 Å². The van der Waals surface area contributed by atoms with Crippen molar-refractivity contribution >= 4 is 17.9 Å². The van der Waals surface area contributed by atoms with Crippen molar-refractivity contribution in [3.8, 4) is 0 Å². The van der Waals surface area contributed by atoms with E-state index in [-0.39, 0.29) is 30.3 Å². The maximum Gasteiger partial charge on any atom is 0.362 e. The number of hydrogen-bond donors (Lipinski definition) is 3. The van der Waals surface area contributed by atoms with Crippen LogP contribution < -0.4 is 0 Å². The van der Waals surface area contributed by atoms with Gasteiger partial charge in [0.2, 0.25) is 0 Å². The number of allylic oxidation sites excluding steroid dienone is 2. The first-order valence-electron chi connectivity index (χ1n) is 15.9. The minimum absolute atomic E-state index is 0.265. The van der Waals surface area contributed by atoms with Gasteiger partial charge in [0.15, 0.2) is 18.1 Å². The van der Waals surface area contributed by atoms with E-state index in [4.69, 9.17) is 0 Å². The second-order valence-electron chi connectivity index (χ2n) is 11.2. The minimum atomic E-state index is -1.09. The highest BCUT2D eigenvalue weighted by Crippen LogP contribution is 2.34. The summed E-state index contributed by atoms with van der Waals surface area (Å²) in [5.41, 5.74) is 0. The van der Waals surface area contributed by atoms with Crippen molar-refractivity contribution in [2.24, 2.45) is 0 Å². The van der Waals surface area contributed by atoms with Gasteiger partial charge in [0.05, 0.1) is 6.54 Å². The lowest BCUT2D eigenvalue weighted by molar-refractivity contribution is -0.973. The van der Waals surface area contributed by atoms with Crippen LogP contribution in [-0.4, -0.2) is 62.4 Å². The molecular weight excluding hydrogens is 494 g/mol. The van der Waals surface area contributed by atoms with Gasteiger partial charge in [0, 0.05) is 19.3 Å². The Hall–Kier alpha value is -1.89. The number of unbranched alkanes of at least 4 members (excludes halogenated alkanes) is 11. The SMILES string of the molecule is CCCCCCCC/C=C/CCCCCCC[N+](C(CCC)C(=O)O)(C(CCC)C(=O)O)C(CCC)C(=O)O. The zero-order valence-electron chi connectivity index (χ0n) is 25.5. The highest BCUT2D eigenvalue weighted by atomic mass is 16.4. The van der Waals surface area contributed by atoms with Crippen LogP contribution in [0, 0.1) is 0 Å². The normalized spacial score (nSPS) is 15.6. The van der Waals surface area contributed by atoms with Crippen molar-refractivity contribution in [2.45, 2.75) is 168 Å². The van der Waals surface area contributed by atoms with E-state index in [2.05, 4.69) is 19.1 Å². The lowest BCUT2D eigenvalue weighted by Gasteiger charge is -2.50. The molecule has 0 bridgehead atoms. The van der Waals surface area contributed by atoms with Crippen LogP contribution >= 0.6 is 0 Å². The molecule has 39 heavy (non-hydrogen) atoms. The number of aliphatic carboxylic acids is 3. The van der Waals surface area contributed by atoms with Crippen LogP contribution in [0.1, 0.15) is 150 Å². The Balaban J connectivity index is 5.26. The third-order valence-corrected chi connectivity index (χ3v) is 8.09. The fourth-order valence-electron chi connectivity index (χ4n) is 6.10. The number of nitrogens with zero attached hydrogens (tertiary/aromatic N) is 1. The summed E-state index contributed by atoms with van der Waals surface area (Å²) in [7, 11) is 0. The highest BCUT2D eigenvalue weighted by Gasteiger charge is 2.56. The summed E-state index contributed by atoms with van der Waals surface area (Å²) in [6.07, 6.45) is 21.7. The Kier molecular flexibility index (Phi) is 21.8. The Bertz CT molecular complexity index is 632. The Morgan fingerprint density at radius 2 is 0.846 bits per heavy atom. The topological polar surface area (TPSA) is 112 Å². The number of carboxylic acids is 3. The fourth-order valence-corrected chi connectivity index (χ4v) is 6.10. The molecule has 7 heteroatoms. The van der Waals surface area contributed by atoms with E-state index >= 15 is 0 Å². The molecule has 0 aliphatic heterocycles. The van der Waals surface area contributed by atoms with Crippen LogP contribution in [0.3, 0.4) is 0 Å². The maximum absolute atomic E-state index is 12.6. The summed E-state index contributed by atoms with van der Waals surface area (Å²) in [5, 5.41) is 30.8. The molecule has 0 saturated carbocycles. The Labute approximate surface area is 238 Å². The largest absolute Gasteiger partial charge is 0.477 e. The predicted octanol–water partition coefficient (Wildman–Crippen LogP) is 8.21. The molecule has 0 aliphatic carbocycles.